The van der Waals surface area contributed by atoms with Crippen LogP contribution >= 0.6 is 0 Å². The molecule has 2 aromatic heterocycles. The van der Waals surface area contributed by atoms with Crippen LogP contribution in [0.15, 0.2) is 28.8 Å². The molecule has 1 aliphatic rings. The van der Waals surface area contributed by atoms with Gasteiger partial charge in [0.25, 0.3) is 5.71 Å². The van der Waals surface area contributed by atoms with Crippen molar-refractivity contribution in [2.75, 3.05) is 49.5 Å². The van der Waals surface area contributed by atoms with Crippen LogP contribution in [0.5, 0.6) is 0 Å². The number of carbonyl (C=O) groups is 1. The number of ether oxygens (including phenoxy) is 1. The number of aromatic nitrogens is 3. The quantitative estimate of drug-likeness (QED) is 0.407. The van der Waals surface area contributed by atoms with Crippen molar-refractivity contribution >= 4 is 28.6 Å². The Labute approximate surface area is 194 Å². The Morgan fingerprint density at radius 2 is 2.12 bits per heavy atom. The topological polar surface area (TPSA) is 96.6 Å². The molecule has 9 heteroatoms. The van der Waals surface area contributed by atoms with Crippen molar-refractivity contribution in [3.63, 3.8) is 0 Å². The third-order valence-corrected chi connectivity index (χ3v) is 5.91. The van der Waals surface area contributed by atoms with Gasteiger partial charge in [0.1, 0.15) is 17.0 Å². The molecule has 1 atom stereocenters. The lowest BCUT2D eigenvalue weighted by molar-refractivity contribution is 0.0517. The lowest BCUT2D eigenvalue weighted by Gasteiger charge is -2.41. The van der Waals surface area contributed by atoms with Gasteiger partial charge in [-0.2, -0.15) is 4.98 Å². The van der Waals surface area contributed by atoms with Crippen LogP contribution in [0.1, 0.15) is 42.1 Å². The summed E-state index contributed by atoms with van der Waals surface area (Å²) in [5.41, 5.74) is 2.99. The highest BCUT2D eigenvalue weighted by molar-refractivity contribution is 6.04. The molecular weight excluding hydrogens is 420 g/mol. The molecule has 0 saturated carbocycles. The van der Waals surface area contributed by atoms with Gasteiger partial charge >= 0.3 is 5.97 Å². The van der Waals surface area contributed by atoms with Crippen molar-refractivity contribution < 1.29 is 14.1 Å². The maximum Gasteiger partial charge on any atom is 0.361 e. The van der Waals surface area contributed by atoms with Gasteiger partial charge in [-0.15, -0.1) is 0 Å². The summed E-state index contributed by atoms with van der Waals surface area (Å²) in [6.07, 6.45) is 0.946. The third-order valence-electron chi connectivity index (χ3n) is 5.91. The molecular formula is C24H32N6O3. The number of nitrogens with one attached hydrogen (secondary N) is 1. The van der Waals surface area contributed by atoms with E-state index in [9.17, 15) is 4.79 Å². The van der Waals surface area contributed by atoms with E-state index in [1.807, 2.05) is 0 Å². The molecule has 0 spiro atoms. The largest absolute Gasteiger partial charge is 0.461 e. The molecule has 0 amide bonds. The van der Waals surface area contributed by atoms with Crippen LogP contribution in [-0.2, 0) is 4.74 Å². The first-order valence-corrected chi connectivity index (χ1v) is 11.6. The summed E-state index contributed by atoms with van der Waals surface area (Å²) in [6.45, 7) is 13.0. The summed E-state index contributed by atoms with van der Waals surface area (Å²) in [5.74, 6) is 0.573. The Bertz CT molecular complexity index is 1110. The minimum Gasteiger partial charge on any atom is -0.461 e. The van der Waals surface area contributed by atoms with Crippen LogP contribution in [0.4, 0.5) is 11.5 Å². The highest BCUT2D eigenvalue weighted by Gasteiger charge is 2.25. The van der Waals surface area contributed by atoms with Crippen molar-refractivity contribution in [3.05, 3.63) is 41.3 Å². The average Bonchev–Trinajstić information content (AvgIpc) is 3.21. The van der Waals surface area contributed by atoms with Gasteiger partial charge in [-0.05, 0) is 58.4 Å². The molecule has 4 rings (SSSR count). The molecule has 0 radical (unpaired) electrons. The van der Waals surface area contributed by atoms with Crippen LogP contribution in [0.2, 0.25) is 0 Å². The second-order valence-corrected chi connectivity index (χ2v) is 8.51. The zero-order valence-corrected chi connectivity index (χ0v) is 19.8. The predicted molar refractivity (Wildman–Crippen MR) is 128 cm³/mol. The van der Waals surface area contributed by atoms with Crippen molar-refractivity contribution in [2.24, 2.45) is 0 Å². The highest BCUT2D eigenvalue weighted by Crippen LogP contribution is 2.25. The second kappa shape index (κ2) is 10.2. The van der Waals surface area contributed by atoms with Crippen LogP contribution < -0.4 is 10.2 Å². The van der Waals surface area contributed by atoms with Crippen LogP contribution in [-0.4, -0.2) is 71.4 Å². The van der Waals surface area contributed by atoms with E-state index in [1.165, 1.54) is 11.3 Å². The number of benzene rings is 1. The maximum absolute atomic E-state index is 12.2. The van der Waals surface area contributed by atoms with Crippen molar-refractivity contribution in [1.29, 1.82) is 0 Å². The lowest BCUT2D eigenvalue weighted by Crippen LogP contribution is -2.52. The van der Waals surface area contributed by atoms with Gasteiger partial charge in [-0.25, -0.2) is 9.78 Å². The van der Waals surface area contributed by atoms with E-state index < -0.39 is 5.97 Å². The van der Waals surface area contributed by atoms with Gasteiger partial charge in [0.15, 0.2) is 0 Å². The summed E-state index contributed by atoms with van der Waals surface area (Å²) in [5, 5.41) is 7.68. The Balaban J connectivity index is 1.33. The number of hydrogen-bond donors (Lipinski definition) is 1. The van der Waals surface area contributed by atoms with E-state index in [0.29, 0.717) is 29.6 Å². The fourth-order valence-electron chi connectivity index (χ4n) is 4.36. The van der Waals surface area contributed by atoms with Crippen LogP contribution in [0.25, 0.3) is 11.1 Å². The summed E-state index contributed by atoms with van der Waals surface area (Å²) >= 11 is 0. The normalized spacial score (nSPS) is 16.8. The molecule has 1 fully saturated rings. The molecule has 176 valence electrons. The van der Waals surface area contributed by atoms with Crippen molar-refractivity contribution in [3.8, 4) is 0 Å². The Hall–Kier alpha value is -3.20. The number of fused-ring (bicyclic) bond motifs is 1. The van der Waals surface area contributed by atoms with Crippen LogP contribution in [0, 0.1) is 13.8 Å². The number of piperazine rings is 1. The molecule has 9 nitrogen and oxygen atoms in total. The van der Waals surface area contributed by atoms with Gasteiger partial charge in [0.05, 0.1) is 6.61 Å². The maximum atomic E-state index is 12.2. The first-order chi connectivity index (χ1) is 16.0. The molecule has 3 aromatic rings. The average molecular weight is 453 g/mol. The first-order valence-electron chi connectivity index (χ1n) is 11.6. The van der Waals surface area contributed by atoms with E-state index in [1.54, 1.807) is 13.8 Å². The minimum absolute atomic E-state index is 0.107. The van der Waals surface area contributed by atoms with Gasteiger partial charge in [0, 0.05) is 37.9 Å². The Morgan fingerprint density at radius 1 is 1.27 bits per heavy atom. The van der Waals surface area contributed by atoms with Gasteiger partial charge in [-0.1, -0.05) is 17.3 Å². The lowest BCUT2D eigenvalue weighted by atomic mass is 10.1. The molecule has 33 heavy (non-hydrogen) atoms. The molecule has 1 N–H and O–H groups in total. The highest BCUT2D eigenvalue weighted by atomic mass is 16.5. The van der Waals surface area contributed by atoms with E-state index in [-0.39, 0.29) is 18.0 Å². The van der Waals surface area contributed by atoms with E-state index in [0.717, 1.165) is 32.6 Å². The summed E-state index contributed by atoms with van der Waals surface area (Å²) in [6, 6.07) is 9.18. The van der Waals surface area contributed by atoms with Gasteiger partial charge < -0.3 is 19.5 Å². The zero-order chi connectivity index (χ0) is 23.4. The fourth-order valence-corrected chi connectivity index (χ4v) is 4.36. The number of carbonyl (C=O) groups excluding carboxylic acids is 1. The summed E-state index contributed by atoms with van der Waals surface area (Å²) < 4.78 is 10.3. The number of aryl methyl sites for hydroxylation is 2. The number of nitrogens with zero attached hydrogens (tertiary/aromatic N) is 5. The van der Waals surface area contributed by atoms with Crippen LogP contribution in [0.3, 0.4) is 0 Å². The second-order valence-electron chi connectivity index (χ2n) is 8.51. The Kier molecular flexibility index (Phi) is 7.08. The smallest absolute Gasteiger partial charge is 0.361 e. The monoisotopic (exact) mass is 452 g/mol. The van der Waals surface area contributed by atoms with E-state index in [4.69, 9.17) is 9.26 Å². The molecule has 1 aromatic carbocycles. The number of anilines is 2. The molecule has 1 aliphatic heterocycles. The molecule has 1 saturated heterocycles. The predicted octanol–water partition coefficient (Wildman–Crippen LogP) is 3.42. The fraction of sp³-hybridized carbons (Fsp3) is 0.500. The molecule has 0 bridgehead atoms. The van der Waals surface area contributed by atoms with Crippen molar-refractivity contribution in [1.82, 2.24) is 20.0 Å². The zero-order valence-electron chi connectivity index (χ0n) is 19.8. The van der Waals surface area contributed by atoms with Crippen molar-refractivity contribution in [2.45, 2.75) is 40.2 Å². The molecule has 0 aliphatic carbocycles. The standard InChI is InChI=1S/C24H32N6O3/c1-5-32-24(31)21-20-22(26-18(4)27-23(20)33-28-21)25-10-7-11-29-12-13-30(17(3)15-29)19-9-6-8-16(2)14-19/h6,8-9,14,17H,5,7,10-13,15H2,1-4H3,(H,25,26,27)/t17-/m1/s1. The number of rotatable bonds is 8. The SMILES string of the molecule is CCOC(=O)c1noc2nc(C)nc(NCCCN3CCN(c4cccc(C)c4)[C@H](C)C3)c12. The molecule has 0 unspecified atom stereocenters. The van der Waals surface area contributed by atoms with Gasteiger partial charge in [-0.3, -0.25) is 4.90 Å². The van der Waals surface area contributed by atoms with E-state index in [2.05, 4.69) is 68.4 Å². The Morgan fingerprint density at radius 3 is 2.88 bits per heavy atom. The minimum atomic E-state index is -0.535. The number of hydrogen-bond acceptors (Lipinski definition) is 9. The first kappa shape index (κ1) is 23.0. The summed E-state index contributed by atoms with van der Waals surface area (Å²) in [7, 11) is 0. The summed E-state index contributed by atoms with van der Waals surface area (Å²) in [4.78, 5) is 25.9. The number of esters is 1. The molecule has 3 heterocycles. The third kappa shape index (κ3) is 5.24. The van der Waals surface area contributed by atoms with E-state index >= 15 is 0 Å². The van der Waals surface area contributed by atoms with Gasteiger partial charge in [0.2, 0.25) is 5.69 Å².